The molecule has 0 fully saturated rings. The van der Waals surface area contributed by atoms with Crippen molar-refractivity contribution in [2.45, 2.75) is 13.5 Å². The standard InChI is InChI=1S/C23H18ClFN2O3/c1-14-5-2-3-6-16(14)23(29)26-15-9-10-21-20(11-15)27(22(28)13-30-21)12-17-18(24)7-4-8-19(17)25/h2-11H,12-13H2,1H3,(H,26,29). The highest BCUT2D eigenvalue weighted by molar-refractivity contribution is 6.31. The summed E-state index contributed by atoms with van der Waals surface area (Å²) in [4.78, 5) is 26.6. The Morgan fingerprint density at radius 2 is 1.97 bits per heavy atom. The fourth-order valence-electron chi connectivity index (χ4n) is 3.32. The number of hydrogen-bond acceptors (Lipinski definition) is 3. The second-order valence-corrected chi connectivity index (χ2v) is 7.33. The van der Waals surface area contributed by atoms with Gasteiger partial charge in [0.25, 0.3) is 11.8 Å². The first-order chi connectivity index (χ1) is 14.4. The smallest absolute Gasteiger partial charge is 0.265 e. The number of halogens is 2. The van der Waals surface area contributed by atoms with Gasteiger partial charge in [-0.25, -0.2) is 4.39 Å². The van der Waals surface area contributed by atoms with Crippen LogP contribution in [0.1, 0.15) is 21.5 Å². The summed E-state index contributed by atoms with van der Waals surface area (Å²) in [6.45, 7) is 1.65. The predicted octanol–water partition coefficient (Wildman–Crippen LogP) is 4.97. The van der Waals surface area contributed by atoms with Gasteiger partial charge in [-0.05, 0) is 48.9 Å². The lowest BCUT2D eigenvalue weighted by Crippen LogP contribution is -2.38. The first-order valence-electron chi connectivity index (χ1n) is 9.31. The van der Waals surface area contributed by atoms with Crippen LogP contribution in [0.5, 0.6) is 5.75 Å². The van der Waals surface area contributed by atoms with E-state index in [1.165, 1.54) is 17.0 Å². The van der Waals surface area contributed by atoms with Crippen LogP contribution in [0.4, 0.5) is 15.8 Å². The van der Waals surface area contributed by atoms with Gasteiger partial charge < -0.3 is 15.0 Å². The van der Waals surface area contributed by atoms with Crippen LogP contribution in [0.3, 0.4) is 0 Å². The third-order valence-electron chi connectivity index (χ3n) is 4.93. The summed E-state index contributed by atoms with van der Waals surface area (Å²) in [5, 5.41) is 3.07. The Balaban J connectivity index is 1.65. The molecular weight excluding hydrogens is 407 g/mol. The molecular formula is C23H18ClFN2O3. The topological polar surface area (TPSA) is 58.6 Å². The van der Waals surface area contributed by atoms with Crippen molar-refractivity contribution in [3.63, 3.8) is 0 Å². The van der Waals surface area contributed by atoms with Crippen LogP contribution < -0.4 is 15.0 Å². The zero-order chi connectivity index (χ0) is 21.3. The molecule has 0 radical (unpaired) electrons. The molecule has 7 heteroatoms. The van der Waals surface area contributed by atoms with Crippen molar-refractivity contribution in [2.75, 3.05) is 16.8 Å². The van der Waals surface area contributed by atoms with Crippen LogP contribution in [-0.4, -0.2) is 18.4 Å². The number of nitrogens with zero attached hydrogens (tertiary/aromatic N) is 1. The lowest BCUT2D eigenvalue weighted by atomic mass is 10.1. The van der Waals surface area contributed by atoms with Gasteiger partial charge in [-0.2, -0.15) is 0 Å². The van der Waals surface area contributed by atoms with Crippen LogP contribution in [0.15, 0.2) is 60.7 Å². The average Bonchev–Trinajstić information content (AvgIpc) is 2.72. The number of benzene rings is 3. The molecule has 3 aromatic rings. The number of aryl methyl sites for hydroxylation is 1. The van der Waals surface area contributed by atoms with Crippen LogP contribution in [0.25, 0.3) is 0 Å². The molecule has 5 nitrogen and oxygen atoms in total. The van der Waals surface area contributed by atoms with Crippen molar-refractivity contribution in [1.29, 1.82) is 0 Å². The van der Waals surface area contributed by atoms with E-state index in [2.05, 4.69) is 5.32 Å². The van der Waals surface area contributed by atoms with E-state index >= 15 is 0 Å². The van der Waals surface area contributed by atoms with E-state index in [1.807, 2.05) is 19.1 Å². The summed E-state index contributed by atoms with van der Waals surface area (Å²) in [5.74, 6) is -0.618. The Bertz CT molecular complexity index is 1130. The second-order valence-electron chi connectivity index (χ2n) is 6.92. The molecule has 4 rings (SSSR count). The van der Waals surface area contributed by atoms with Gasteiger partial charge in [0, 0.05) is 21.8 Å². The number of carbonyl (C=O) groups excluding carboxylic acids is 2. The van der Waals surface area contributed by atoms with Gasteiger partial charge in [0.1, 0.15) is 11.6 Å². The van der Waals surface area contributed by atoms with Gasteiger partial charge in [-0.15, -0.1) is 0 Å². The second kappa shape index (κ2) is 8.16. The van der Waals surface area contributed by atoms with Crippen LogP contribution in [0.2, 0.25) is 5.02 Å². The van der Waals surface area contributed by atoms with E-state index in [-0.39, 0.29) is 35.6 Å². The minimum atomic E-state index is -0.493. The number of hydrogen-bond donors (Lipinski definition) is 1. The first-order valence-corrected chi connectivity index (χ1v) is 9.69. The number of anilines is 2. The highest BCUT2D eigenvalue weighted by Crippen LogP contribution is 2.36. The number of fused-ring (bicyclic) bond motifs is 1. The van der Waals surface area contributed by atoms with Crippen molar-refractivity contribution in [1.82, 2.24) is 0 Å². The van der Waals surface area contributed by atoms with Crippen molar-refractivity contribution >= 4 is 34.8 Å². The normalized spacial score (nSPS) is 12.9. The fraction of sp³-hybridized carbons (Fsp3) is 0.130. The SMILES string of the molecule is Cc1ccccc1C(=O)Nc1ccc2c(c1)N(Cc1c(F)cccc1Cl)C(=O)CO2. The largest absolute Gasteiger partial charge is 0.482 e. The van der Waals surface area contributed by atoms with E-state index in [9.17, 15) is 14.0 Å². The minimum absolute atomic E-state index is 0.0457. The maximum Gasteiger partial charge on any atom is 0.265 e. The van der Waals surface area contributed by atoms with Crippen molar-refractivity contribution < 1.29 is 18.7 Å². The third-order valence-corrected chi connectivity index (χ3v) is 5.28. The lowest BCUT2D eigenvalue weighted by Gasteiger charge is -2.30. The van der Waals surface area contributed by atoms with Gasteiger partial charge in [0.2, 0.25) is 0 Å². The van der Waals surface area contributed by atoms with Crippen LogP contribution in [-0.2, 0) is 11.3 Å². The molecule has 3 aromatic carbocycles. The summed E-state index contributed by atoms with van der Waals surface area (Å²) in [6.07, 6.45) is 0. The summed E-state index contributed by atoms with van der Waals surface area (Å²) in [6, 6.07) is 16.6. The molecule has 0 unspecified atom stereocenters. The number of rotatable bonds is 4. The molecule has 2 amide bonds. The highest BCUT2D eigenvalue weighted by atomic mass is 35.5. The van der Waals surface area contributed by atoms with Gasteiger partial charge in [0.05, 0.1) is 12.2 Å². The minimum Gasteiger partial charge on any atom is -0.482 e. The third kappa shape index (κ3) is 3.86. The average molecular weight is 425 g/mol. The predicted molar refractivity (Wildman–Crippen MR) is 114 cm³/mol. The summed E-state index contributed by atoms with van der Waals surface area (Å²) >= 11 is 6.14. The zero-order valence-corrected chi connectivity index (χ0v) is 16.9. The van der Waals surface area contributed by atoms with Crippen molar-refractivity contribution in [3.05, 3.63) is 88.2 Å². The van der Waals surface area contributed by atoms with E-state index in [4.69, 9.17) is 16.3 Å². The molecule has 1 aliphatic heterocycles. The molecule has 30 heavy (non-hydrogen) atoms. The van der Waals surface area contributed by atoms with Gasteiger partial charge in [0.15, 0.2) is 6.61 Å². The molecule has 1 aliphatic rings. The molecule has 0 atom stereocenters. The van der Waals surface area contributed by atoms with E-state index in [0.717, 1.165) is 5.56 Å². The molecule has 1 heterocycles. The molecule has 0 saturated carbocycles. The Hall–Kier alpha value is -3.38. The number of carbonyl (C=O) groups is 2. The van der Waals surface area contributed by atoms with E-state index in [0.29, 0.717) is 22.7 Å². The highest BCUT2D eigenvalue weighted by Gasteiger charge is 2.27. The quantitative estimate of drug-likeness (QED) is 0.643. The van der Waals surface area contributed by atoms with Crippen LogP contribution in [0, 0.1) is 12.7 Å². The molecule has 152 valence electrons. The van der Waals surface area contributed by atoms with Gasteiger partial charge in [-0.3, -0.25) is 9.59 Å². The summed E-state index contributed by atoms with van der Waals surface area (Å²) in [7, 11) is 0. The molecule has 0 spiro atoms. The Labute approximate surface area is 178 Å². The Morgan fingerprint density at radius 3 is 2.73 bits per heavy atom. The van der Waals surface area contributed by atoms with Gasteiger partial charge in [-0.1, -0.05) is 35.9 Å². The summed E-state index contributed by atoms with van der Waals surface area (Å²) < 4.78 is 19.8. The van der Waals surface area contributed by atoms with Gasteiger partial charge >= 0.3 is 0 Å². The zero-order valence-electron chi connectivity index (χ0n) is 16.1. The van der Waals surface area contributed by atoms with Crippen molar-refractivity contribution in [2.24, 2.45) is 0 Å². The molecule has 0 aromatic heterocycles. The van der Waals surface area contributed by atoms with Crippen molar-refractivity contribution in [3.8, 4) is 5.75 Å². The first kappa shape index (κ1) is 19.9. The number of nitrogens with one attached hydrogen (secondary N) is 1. The van der Waals surface area contributed by atoms with E-state index < -0.39 is 5.82 Å². The summed E-state index contributed by atoms with van der Waals surface area (Å²) in [5.41, 5.74) is 2.55. The maximum absolute atomic E-state index is 14.3. The number of amides is 2. The molecule has 1 N–H and O–H groups in total. The number of ether oxygens (including phenoxy) is 1. The fourth-order valence-corrected chi connectivity index (χ4v) is 3.54. The monoisotopic (exact) mass is 424 g/mol. The Morgan fingerprint density at radius 1 is 1.17 bits per heavy atom. The maximum atomic E-state index is 14.3. The molecule has 0 saturated heterocycles. The van der Waals surface area contributed by atoms with Crippen LogP contribution >= 0.6 is 11.6 Å². The Kier molecular flexibility index (Phi) is 5.42. The molecule has 0 aliphatic carbocycles. The van der Waals surface area contributed by atoms with E-state index in [1.54, 1.807) is 36.4 Å². The molecule has 0 bridgehead atoms. The lowest BCUT2D eigenvalue weighted by molar-refractivity contribution is -0.121.